The molecule has 0 unspecified atom stereocenters. The molecule has 2 aromatic carbocycles. The number of anilines is 1. The SMILES string of the molecule is CC[C@H](C)[C@H](NCc1csc2ccccc12)C(=O)N[C@H]1CCc2cccc3c2N(C1=O)[C@H](C(=O)NCc1cn[nH]n1)C3. The number of aromatic amines is 1. The molecule has 0 aliphatic carbocycles. The van der Waals surface area contributed by atoms with Crippen molar-refractivity contribution in [2.75, 3.05) is 4.90 Å². The van der Waals surface area contributed by atoms with Crippen molar-refractivity contribution in [2.45, 2.75) is 70.7 Å². The van der Waals surface area contributed by atoms with Gasteiger partial charge in [-0.2, -0.15) is 15.4 Å². The van der Waals surface area contributed by atoms with Crippen LogP contribution >= 0.6 is 11.3 Å². The summed E-state index contributed by atoms with van der Waals surface area (Å²) in [6.07, 6.45) is 3.88. The summed E-state index contributed by atoms with van der Waals surface area (Å²) in [5, 5.41) is 23.1. The lowest BCUT2D eigenvalue weighted by Gasteiger charge is -2.30. The van der Waals surface area contributed by atoms with Gasteiger partial charge in [-0.1, -0.05) is 56.7 Å². The molecule has 218 valence electrons. The first-order chi connectivity index (χ1) is 20.4. The maximum Gasteiger partial charge on any atom is 0.250 e. The number of H-pyrrole nitrogens is 1. The number of amides is 3. The Morgan fingerprint density at radius 1 is 1.14 bits per heavy atom. The Kier molecular flexibility index (Phi) is 8.03. The number of fused-ring (bicyclic) bond motifs is 1. The van der Waals surface area contributed by atoms with E-state index < -0.39 is 18.1 Å². The zero-order chi connectivity index (χ0) is 29.2. The maximum atomic E-state index is 14.1. The van der Waals surface area contributed by atoms with Crippen LogP contribution in [0.2, 0.25) is 0 Å². The third-order valence-electron chi connectivity index (χ3n) is 8.50. The second-order valence-electron chi connectivity index (χ2n) is 11.1. The fraction of sp³-hybridized carbons (Fsp3) is 0.387. The zero-order valence-electron chi connectivity index (χ0n) is 23.7. The van der Waals surface area contributed by atoms with Gasteiger partial charge in [-0.25, -0.2) is 0 Å². The first kappa shape index (κ1) is 28.0. The average molecular weight is 586 g/mol. The number of nitrogens with one attached hydrogen (secondary N) is 4. The Bertz CT molecular complexity index is 1600. The number of nitrogens with zero attached hydrogens (tertiary/aromatic N) is 3. The summed E-state index contributed by atoms with van der Waals surface area (Å²) in [5.74, 6) is -0.649. The van der Waals surface area contributed by atoms with Gasteiger partial charge in [0.25, 0.3) is 0 Å². The Balaban J connectivity index is 1.19. The monoisotopic (exact) mass is 585 g/mol. The van der Waals surface area contributed by atoms with Gasteiger partial charge in [0.2, 0.25) is 17.7 Å². The standard InChI is InChI=1S/C31H35N7O3S/c1-3-18(2)27(32-14-21-17-42-26-10-5-4-9-23(21)26)30(40)35-24-12-11-19-7-6-8-20-13-25(38(28(19)20)31(24)41)29(39)33-15-22-16-34-37-36-22/h4-10,16-18,24-25,27,32H,3,11-15H2,1-2H3,(H,33,39)(H,35,40)(H,34,36,37)/t18-,24-,25-,27-/m0/s1. The quantitative estimate of drug-likeness (QED) is 0.226. The lowest BCUT2D eigenvalue weighted by Crippen LogP contribution is -2.57. The molecular formula is C31H35N7O3S. The van der Waals surface area contributed by atoms with Gasteiger partial charge in [0.1, 0.15) is 17.8 Å². The maximum absolute atomic E-state index is 14.1. The molecule has 0 spiro atoms. The van der Waals surface area contributed by atoms with Crippen LogP contribution in [0, 0.1) is 5.92 Å². The van der Waals surface area contributed by atoms with Crippen LogP contribution in [-0.4, -0.2) is 51.3 Å². The molecule has 0 saturated carbocycles. The molecule has 2 aliphatic rings. The number of benzene rings is 2. The highest BCUT2D eigenvalue weighted by Gasteiger charge is 2.44. The van der Waals surface area contributed by atoms with Crippen molar-refractivity contribution in [2.24, 2.45) is 5.92 Å². The van der Waals surface area contributed by atoms with E-state index in [2.05, 4.69) is 62.7 Å². The zero-order valence-corrected chi connectivity index (χ0v) is 24.5. The summed E-state index contributed by atoms with van der Waals surface area (Å²) < 4.78 is 1.21. The number of carbonyl (C=O) groups is 3. The molecule has 42 heavy (non-hydrogen) atoms. The Morgan fingerprint density at radius 3 is 2.79 bits per heavy atom. The van der Waals surface area contributed by atoms with Gasteiger partial charge in [0.05, 0.1) is 24.5 Å². The van der Waals surface area contributed by atoms with E-state index in [-0.39, 0.29) is 30.2 Å². The van der Waals surface area contributed by atoms with E-state index >= 15 is 0 Å². The molecule has 4 heterocycles. The highest BCUT2D eigenvalue weighted by atomic mass is 32.1. The number of para-hydroxylation sites is 1. The van der Waals surface area contributed by atoms with Crippen LogP contribution in [0.3, 0.4) is 0 Å². The smallest absolute Gasteiger partial charge is 0.250 e. The van der Waals surface area contributed by atoms with E-state index in [0.29, 0.717) is 31.5 Å². The molecule has 10 nitrogen and oxygen atoms in total. The van der Waals surface area contributed by atoms with Crippen molar-refractivity contribution in [3.05, 3.63) is 76.4 Å². The summed E-state index contributed by atoms with van der Waals surface area (Å²) in [4.78, 5) is 42.9. The molecule has 2 aliphatic heterocycles. The third kappa shape index (κ3) is 5.41. The molecule has 2 aromatic heterocycles. The van der Waals surface area contributed by atoms with Crippen molar-refractivity contribution >= 4 is 44.8 Å². The molecule has 4 N–H and O–H groups in total. The molecule has 4 atom stereocenters. The first-order valence-electron chi connectivity index (χ1n) is 14.5. The Hall–Kier alpha value is -4.09. The Morgan fingerprint density at radius 2 is 1.98 bits per heavy atom. The minimum absolute atomic E-state index is 0.0569. The number of hydrogen-bond acceptors (Lipinski definition) is 7. The minimum atomic E-state index is -0.739. The summed E-state index contributed by atoms with van der Waals surface area (Å²) in [6, 6.07) is 12.3. The fourth-order valence-corrected chi connectivity index (χ4v) is 6.98. The lowest BCUT2D eigenvalue weighted by molar-refractivity contribution is -0.130. The van der Waals surface area contributed by atoms with E-state index in [9.17, 15) is 14.4 Å². The van der Waals surface area contributed by atoms with Crippen LogP contribution in [0.4, 0.5) is 5.69 Å². The number of hydrogen-bond donors (Lipinski definition) is 4. The van der Waals surface area contributed by atoms with Crippen LogP contribution < -0.4 is 20.9 Å². The average Bonchev–Trinajstić information content (AvgIpc) is 3.75. The topological polar surface area (TPSA) is 132 Å². The van der Waals surface area contributed by atoms with E-state index in [1.54, 1.807) is 22.4 Å². The Labute approximate surface area is 248 Å². The summed E-state index contributed by atoms with van der Waals surface area (Å²) >= 11 is 1.69. The largest absolute Gasteiger partial charge is 0.348 e. The lowest BCUT2D eigenvalue weighted by atomic mass is 9.96. The molecular weight excluding hydrogens is 550 g/mol. The van der Waals surface area contributed by atoms with E-state index in [4.69, 9.17) is 0 Å². The van der Waals surface area contributed by atoms with Gasteiger partial charge in [-0.3, -0.25) is 19.3 Å². The first-order valence-corrected chi connectivity index (χ1v) is 15.4. The van der Waals surface area contributed by atoms with Gasteiger partial charge in [0.15, 0.2) is 0 Å². The van der Waals surface area contributed by atoms with Crippen molar-refractivity contribution in [3.63, 3.8) is 0 Å². The molecule has 6 rings (SSSR count). The highest BCUT2D eigenvalue weighted by Crippen LogP contribution is 2.39. The van der Waals surface area contributed by atoms with Gasteiger partial charge in [-0.05, 0) is 52.3 Å². The van der Waals surface area contributed by atoms with Crippen molar-refractivity contribution < 1.29 is 14.4 Å². The predicted octanol–water partition coefficient (Wildman–Crippen LogP) is 3.23. The van der Waals surface area contributed by atoms with Gasteiger partial charge >= 0.3 is 0 Å². The number of thiophene rings is 1. The summed E-state index contributed by atoms with van der Waals surface area (Å²) in [6.45, 7) is 4.88. The van der Waals surface area contributed by atoms with Crippen LogP contribution in [0.1, 0.15) is 49.1 Å². The van der Waals surface area contributed by atoms with Gasteiger partial charge < -0.3 is 16.0 Å². The molecule has 0 saturated heterocycles. The van der Waals surface area contributed by atoms with Gasteiger partial charge in [0, 0.05) is 17.7 Å². The number of aryl methyl sites for hydroxylation is 1. The molecule has 3 amide bonds. The minimum Gasteiger partial charge on any atom is -0.348 e. The van der Waals surface area contributed by atoms with Crippen LogP contribution in [-0.2, 0) is 40.3 Å². The van der Waals surface area contributed by atoms with Crippen LogP contribution in [0.15, 0.2) is 54.0 Å². The normalized spacial score (nSPS) is 19.3. The third-order valence-corrected chi connectivity index (χ3v) is 9.52. The number of aromatic nitrogens is 3. The highest BCUT2D eigenvalue weighted by molar-refractivity contribution is 7.17. The van der Waals surface area contributed by atoms with Crippen LogP contribution in [0.5, 0.6) is 0 Å². The fourth-order valence-electron chi connectivity index (χ4n) is 6.02. The van der Waals surface area contributed by atoms with Crippen molar-refractivity contribution in [1.29, 1.82) is 0 Å². The summed E-state index contributed by atoms with van der Waals surface area (Å²) in [5.41, 5.74) is 4.55. The summed E-state index contributed by atoms with van der Waals surface area (Å²) in [7, 11) is 0. The second kappa shape index (κ2) is 12.0. The number of carbonyl (C=O) groups excluding carboxylic acids is 3. The van der Waals surface area contributed by atoms with Crippen LogP contribution in [0.25, 0.3) is 10.1 Å². The van der Waals surface area contributed by atoms with Crippen molar-refractivity contribution in [3.8, 4) is 0 Å². The van der Waals surface area contributed by atoms with Crippen molar-refractivity contribution in [1.82, 2.24) is 31.4 Å². The molecule has 4 aromatic rings. The molecule has 11 heteroatoms. The molecule has 0 fully saturated rings. The second-order valence-corrected chi connectivity index (χ2v) is 12.0. The predicted molar refractivity (Wildman–Crippen MR) is 162 cm³/mol. The molecule has 0 radical (unpaired) electrons. The molecule has 0 bridgehead atoms. The number of rotatable bonds is 10. The van der Waals surface area contributed by atoms with E-state index in [1.807, 2.05) is 30.3 Å². The van der Waals surface area contributed by atoms with E-state index in [0.717, 1.165) is 28.8 Å². The van der Waals surface area contributed by atoms with Gasteiger partial charge in [-0.15, -0.1) is 11.3 Å². The van der Waals surface area contributed by atoms with E-state index in [1.165, 1.54) is 10.1 Å².